The van der Waals surface area contributed by atoms with Gasteiger partial charge in [-0.05, 0) is 60.4 Å². The third-order valence-electron chi connectivity index (χ3n) is 4.15. The molecule has 2 rings (SSSR count). The lowest BCUT2D eigenvalue weighted by atomic mass is 10.1. The Hall–Kier alpha value is -3.28. The molecule has 0 aliphatic rings. The summed E-state index contributed by atoms with van der Waals surface area (Å²) in [5.74, 6) is 1.04. The average Bonchev–Trinajstić information content (AvgIpc) is 2.72. The Balaban J connectivity index is 1.92. The summed E-state index contributed by atoms with van der Waals surface area (Å²) in [6.45, 7) is 4.55. The molecule has 0 heterocycles. The van der Waals surface area contributed by atoms with Crippen molar-refractivity contribution in [1.82, 2.24) is 0 Å². The molecule has 0 bridgehead atoms. The number of nitrogens with one attached hydrogen (secondary N) is 1. The third-order valence-corrected chi connectivity index (χ3v) is 4.15. The number of carbonyl (C=O) groups is 2. The molecular formula is C23H27NO5. The average molecular weight is 397 g/mol. The van der Waals surface area contributed by atoms with E-state index in [1.807, 2.05) is 6.07 Å². The highest BCUT2D eigenvalue weighted by molar-refractivity contribution is 6.02. The van der Waals surface area contributed by atoms with Crippen LogP contribution in [0.1, 0.15) is 36.2 Å². The number of methoxy groups -OCH3 is 2. The van der Waals surface area contributed by atoms with Gasteiger partial charge in [0.25, 0.3) is 0 Å². The van der Waals surface area contributed by atoms with Crippen LogP contribution in [0.3, 0.4) is 0 Å². The van der Waals surface area contributed by atoms with Gasteiger partial charge < -0.3 is 19.5 Å². The largest absolute Gasteiger partial charge is 0.493 e. The van der Waals surface area contributed by atoms with E-state index in [1.165, 1.54) is 6.08 Å². The molecule has 1 amide bonds. The van der Waals surface area contributed by atoms with Crippen LogP contribution in [0.15, 0.2) is 48.5 Å². The molecule has 29 heavy (non-hydrogen) atoms. The summed E-state index contributed by atoms with van der Waals surface area (Å²) in [5.41, 5.74) is 1.84. The molecule has 0 aliphatic carbocycles. The fraction of sp³-hybridized carbons (Fsp3) is 0.304. The van der Waals surface area contributed by atoms with E-state index in [-0.39, 0.29) is 11.9 Å². The van der Waals surface area contributed by atoms with Crippen LogP contribution in [0.2, 0.25) is 0 Å². The summed E-state index contributed by atoms with van der Waals surface area (Å²) in [7, 11) is 3.12. The van der Waals surface area contributed by atoms with E-state index in [9.17, 15) is 9.59 Å². The van der Waals surface area contributed by atoms with E-state index in [2.05, 4.69) is 19.2 Å². The molecule has 0 fully saturated rings. The van der Waals surface area contributed by atoms with Gasteiger partial charge in [-0.1, -0.05) is 19.9 Å². The number of carbonyl (C=O) groups excluding carboxylic acids is 2. The van der Waals surface area contributed by atoms with Gasteiger partial charge in [-0.25, -0.2) is 4.79 Å². The van der Waals surface area contributed by atoms with Crippen LogP contribution in [0.4, 0.5) is 5.69 Å². The number of benzene rings is 2. The highest BCUT2D eigenvalue weighted by Gasteiger charge is 2.08. The number of hydrogen-bond acceptors (Lipinski definition) is 5. The van der Waals surface area contributed by atoms with Crippen molar-refractivity contribution in [1.29, 1.82) is 0 Å². The van der Waals surface area contributed by atoms with E-state index >= 15 is 0 Å². The standard InChI is InChI=1S/C23H27NO5/c1-16(2)13-14-29-23(26)18-7-9-19(10-8-18)24-22(25)12-6-17-5-11-20(27-3)21(15-17)28-4/h5-12,15-16H,13-14H2,1-4H3,(H,24,25)/b12-6+. The Bertz CT molecular complexity index is 856. The normalized spacial score (nSPS) is 10.8. The second-order valence-corrected chi connectivity index (χ2v) is 6.83. The quantitative estimate of drug-likeness (QED) is 0.496. The molecule has 0 saturated carbocycles. The Labute approximate surface area is 171 Å². The Morgan fingerprint density at radius 1 is 1.00 bits per heavy atom. The summed E-state index contributed by atoms with van der Waals surface area (Å²) in [6.07, 6.45) is 3.93. The van der Waals surface area contributed by atoms with Gasteiger partial charge in [0.1, 0.15) is 0 Å². The minimum Gasteiger partial charge on any atom is -0.493 e. The van der Waals surface area contributed by atoms with Crippen LogP contribution in [0, 0.1) is 5.92 Å². The monoisotopic (exact) mass is 397 g/mol. The summed E-state index contributed by atoms with van der Waals surface area (Å²) >= 11 is 0. The Morgan fingerprint density at radius 3 is 2.31 bits per heavy atom. The Kier molecular flexibility index (Phi) is 8.27. The maximum atomic E-state index is 12.1. The van der Waals surface area contributed by atoms with Crippen LogP contribution in [0.5, 0.6) is 11.5 Å². The maximum Gasteiger partial charge on any atom is 0.338 e. The van der Waals surface area contributed by atoms with Gasteiger partial charge in [0.05, 0.1) is 26.4 Å². The van der Waals surface area contributed by atoms with Gasteiger partial charge in [-0.15, -0.1) is 0 Å². The molecule has 6 heteroatoms. The number of amides is 1. The number of hydrogen-bond donors (Lipinski definition) is 1. The summed E-state index contributed by atoms with van der Waals surface area (Å²) in [5, 5.41) is 2.75. The van der Waals surface area contributed by atoms with Gasteiger partial charge in [0.2, 0.25) is 5.91 Å². The van der Waals surface area contributed by atoms with Crippen molar-refractivity contribution in [3.05, 3.63) is 59.7 Å². The zero-order valence-electron chi connectivity index (χ0n) is 17.2. The summed E-state index contributed by atoms with van der Waals surface area (Å²) in [4.78, 5) is 24.1. The molecule has 0 atom stereocenters. The van der Waals surface area contributed by atoms with Crippen LogP contribution in [-0.4, -0.2) is 32.7 Å². The van der Waals surface area contributed by atoms with Gasteiger partial charge >= 0.3 is 5.97 Å². The molecule has 1 N–H and O–H groups in total. The van der Waals surface area contributed by atoms with Gasteiger partial charge in [0, 0.05) is 11.8 Å². The molecule has 2 aromatic rings. The summed E-state index contributed by atoms with van der Waals surface area (Å²) in [6, 6.07) is 12.0. The molecule has 0 unspecified atom stereocenters. The van der Waals surface area contributed by atoms with Crippen molar-refractivity contribution in [3.8, 4) is 11.5 Å². The van der Waals surface area contributed by atoms with Crippen molar-refractivity contribution in [3.63, 3.8) is 0 Å². The molecule has 0 radical (unpaired) electrons. The Morgan fingerprint density at radius 2 is 1.69 bits per heavy atom. The van der Waals surface area contributed by atoms with E-state index in [0.717, 1.165) is 12.0 Å². The molecule has 6 nitrogen and oxygen atoms in total. The second kappa shape index (κ2) is 10.9. The van der Waals surface area contributed by atoms with Crippen molar-refractivity contribution >= 4 is 23.6 Å². The lowest BCUT2D eigenvalue weighted by molar-refractivity contribution is -0.111. The van der Waals surface area contributed by atoms with Crippen LogP contribution in [-0.2, 0) is 9.53 Å². The lowest BCUT2D eigenvalue weighted by Crippen LogP contribution is -2.10. The molecule has 0 aliphatic heterocycles. The van der Waals surface area contributed by atoms with Gasteiger partial charge in [-0.2, -0.15) is 0 Å². The van der Waals surface area contributed by atoms with Crippen LogP contribution >= 0.6 is 0 Å². The SMILES string of the molecule is COc1ccc(/C=C/C(=O)Nc2ccc(C(=O)OCCC(C)C)cc2)cc1OC. The highest BCUT2D eigenvalue weighted by atomic mass is 16.5. The van der Waals surface area contributed by atoms with E-state index in [0.29, 0.717) is 35.3 Å². The number of anilines is 1. The first-order valence-electron chi connectivity index (χ1n) is 9.41. The van der Waals surface area contributed by atoms with Gasteiger partial charge in [0.15, 0.2) is 11.5 Å². The lowest BCUT2D eigenvalue weighted by Gasteiger charge is -2.08. The number of esters is 1. The molecule has 2 aromatic carbocycles. The second-order valence-electron chi connectivity index (χ2n) is 6.83. The molecular weight excluding hydrogens is 370 g/mol. The van der Waals surface area contributed by atoms with Crippen molar-refractivity contribution < 1.29 is 23.8 Å². The zero-order chi connectivity index (χ0) is 21.2. The van der Waals surface area contributed by atoms with Crippen LogP contribution in [0.25, 0.3) is 6.08 Å². The zero-order valence-corrected chi connectivity index (χ0v) is 17.2. The fourth-order valence-electron chi connectivity index (χ4n) is 2.47. The first-order chi connectivity index (χ1) is 13.9. The van der Waals surface area contributed by atoms with Crippen molar-refractivity contribution in [2.75, 3.05) is 26.1 Å². The fourth-order valence-corrected chi connectivity index (χ4v) is 2.47. The van der Waals surface area contributed by atoms with Crippen LogP contribution < -0.4 is 14.8 Å². The first kappa shape index (κ1) is 22.0. The van der Waals surface area contributed by atoms with E-state index < -0.39 is 0 Å². The molecule has 0 spiro atoms. The highest BCUT2D eigenvalue weighted by Crippen LogP contribution is 2.28. The van der Waals surface area contributed by atoms with E-state index in [4.69, 9.17) is 14.2 Å². The summed E-state index contributed by atoms with van der Waals surface area (Å²) < 4.78 is 15.7. The van der Waals surface area contributed by atoms with Crippen molar-refractivity contribution in [2.24, 2.45) is 5.92 Å². The maximum absolute atomic E-state index is 12.1. The van der Waals surface area contributed by atoms with Crippen molar-refractivity contribution in [2.45, 2.75) is 20.3 Å². The smallest absolute Gasteiger partial charge is 0.338 e. The predicted octanol–water partition coefficient (Wildman–Crippen LogP) is 4.56. The minimum absolute atomic E-state index is 0.285. The number of ether oxygens (including phenoxy) is 3. The van der Waals surface area contributed by atoms with Gasteiger partial charge in [-0.3, -0.25) is 4.79 Å². The molecule has 154 valence electrons. The minimum atomic E-state index is -0.364. The first-order valence-corrected chi connectivity index (χ1v) is 9.41. The third kappa shape index (κ3) is 6.99. The topological polar surface area (TPSA) is 73.9 Å². The predicted molar refractivity (Wildman–Crippen MR) is 113 cm³/mol. The molecule has 0 saturated heterocycles. The van der Waals surface area contributed by atoms with E-state index in [1.54, 1.807) is 56.7 Å². The molecule has 0 aromatic heterocycles. The number of rotatable bonds is 9.